The topological polar surface area (TPSA) is 12.0 Å². The average Bonchev–Trinajstić information content (AvgIpc) is 2.97. The summed E-state index contributed by atoms with van der Waals surface area (Å²) in [7, 11) is 2.07. The first-order valence-corrected chi connectivity index (χ1v) is 8.50. The fourth-order valence-electron chi connectivity index (χ4n) is 2.67. The van der Waals surface area contributed by atoms with Gasteiger partial charge in [0.15, 0.2) is 0 Å². The molecule has 20 heavy (non-hydrogen) atoms. The number of hydrogen-bond acceptors (Lipinski definition) is 2. The van der Waals surface area contributed by atoms with E-state index in [1.807, 2.05) is 11.3 Å². The molecule has 1 atom stereocenters. The first kappa shape index (κ1) is 15.3. The van der Waals surface area contributed by atoms with Crippen LogP contribution in [0.1, 0.15) is 48.2 Å². The van der Waals surface area contributed by atoms with Gasteiger partial charge in [-0.3, -0.25) is 0 Å². The molecular formula is C18H25NS. The van der Waals surface area contributed by atoms with E-state index in [1.165, 1.54) is 48.1 Å². The lowest BCUT2D eigenvalue weighted by Crippen LogP contribution is -2.16. The Morgan fingerprint density at radius 3 is 2.75 bits per heavy atom. The van der Waals surface area contributed by atoms with Crippen LogP contribution in [0.25, 0.3) is 0 Å². The second kappa shape index (κ2) is 8.23. The minimum atomic E-state index is 0.478. The van der Waals surface area contributed by atoms with Gasteiger partial charge < -0.3 is 5.32 Å². The molecular weight excluding hydrogens is 262 g/mol. The van der Waals surface area contributed by atoms with E-state index in [1.54, 1.807) is 0 Å². The van der Waals surface area contributed by atoms with Gasteiger partial charge in [0.05, 0.1) is 0 Å². The Kier molecular flexibility index (Phi) is 6.28. The number of aryl methyl sites for hydroxylation is 2. The van der Waals surface area contributed by atoms with Crippen molar-refractivity contribution in [3.8, 4) is 0 Å². The maximum atomic E-state index is 3.47. The van der Waals surface area contributed by atoms with E-state index in [0.717, 1.165) is 0 Å². The molecule has 0 spiro atoms. The SMILES string of the molecule is CCCc1cccc(C(CCCc2cccs2)NC)c1. The molecule has 2 aromatic rings. The molecule has 2 rings (SSSR count). The van der Waals surface area contributed by atoms with Crippen LogP contribution < -0.4 is 5.32 Å². The Bertz CT molecular complexity index is 490. The Balaban J connectivity index is 1.91. The summed E-state index contributed by atoms with van der Waals surface area (Å²) < 4.78 is 0. The molecule has 1 nitrogen and oxygen atoms in total. The van der Waals surface area contributed by atoms with Crippen molar-refractivity contribution in [2.24, 2.45) is 0 Å². The van der Waals surface area contributed by atoms with Crippen molar-refractivity contribution in [3.05, 3.63) is 57.8 Å². The zero-order chi connectivity index (χ0) is 14.2. The molecule has 0 saturated carbocycles. The van der Waals surface area contributed by atoms with Crippen LogP contribution in [0, 0.1) is 0 Å². The first-order chi connectivity index (χ1) is 9.83. The molecule has 0 amide bonds. The highest BCUT2D eigenvalue weighted by Gasteiger charge is 2.09. The highest BCUT2D eigenvalue weighted by molar-refractivity contribution is 7.09. The van der Waals surface area contributed by atoms with Crippen LogP contribution >= 0.6 is 11.3 Å². The summed E-state index contributed by atoms with van der Waals surface area (Å²) in [5.74, 6) is 0. The van der Waals surface area contributed by atoms with Gasteiger partial charge in [0.1, 0.15) is 0 Å². The highest BCUT2D eigenvalue weighted by atomic mass is 32.1. The van der Waals surface area contributed by atoms with Gasteiger partial charge >= 0.3 is 0 Å². The molecule has 1 unspecified atom stereocenters. The van der Waals surface area contributed by atoms with Crippen molar-refractivity contribution in [2.75, 3.05) is 7.05 Å². The minimum absolute atomic E-state index is 0.478. The molecule has 0 fully saturated rings. The Morgan fingerprint density at radius 1 is 1.15 bits per heavy atom. The average molecular weight is 287 g/mol. The fourth-order valence-corrected chi connectivity index (χ4v) is 3.42. The second-order valence-corrected chi connectivity index (χ2v) is 6.34. The molecule has 1 N–H and O–H groups in total. The molecule has 0 radical (unpaired) electrons. The Labute approximate surface area is 127 Å². The molecule has 1 aromatic heterocycles. The summed E-state index contributed by atoms with van der Waals surface area (Å²) in [4.78, 5) is 1.50. The number of benzene rings is 1. The van der Waals surface area contributed by atoms with E-state index in [9.17, 15) is 0 Å². The predicted octanol–water partition coefficient (Wildman–Crippen LogP) is 4.98. The molecule has 1 heterocycles. The number of hydrogen-bond donors (Lipinski definition) is 1. The fraction of sp³-hybridized carbons (Fsp3) is 0.444. The van der Waals surface area contributed by atoms with Crippen molar-refractivity contribution < 1.29 is 0 Å². The van der Waals surface area contributed by atoms with Gasteiger partial charge in [-0.1, -0.05) is 43.7 Å². The van der Waals surface area contributed by atoms with Gasteiger partial charge in [-0.2, -0.15) is 0 Å². The molecule has 0 aliphatic heterocycles. The minimum Gasteiger partial charge on any atom is -0.313 e. The molecule has 0 aliphatic carbocycles. The van der Waals surface area contributed by atoms with Crippen LogP contribution in [0.4, 0.5) is 0 Å². The quantitative estimate of drug-likeness (QED) is 0.721. The third kappa shape index (κ3) is 4.46. The van der Waals surface area contributed by atoms with E-state index < -0.39 is 0 Å². The Hall–Kier alpha value is -1.12. The second-order valence-electron chi connectivity index (χ2n) is 5.31. The third-order valence-electron chi connectivity index (χ3n) is 3.74. The summed E-state index contributed by atoms with van der Waals surface area (Å²) >= 11 is 1.87. The van der Waals surface area contributed by atoms with Gasteiger partial charge in [0.25, 0.3) is 0 Å². The maximum Gasteiger partial charge on any atom is 0.0317 e. The zero-order valence-corrected chi connectivity index (χ0v) is 13.4. The van der Waals surface area contributed by atoms with E-state index >= 15 is 0 Å². The summed E-state index contributed by atoms with van der Waals surface area (Å²) in [6.45, 7) is 2.24. The zero-order valence-electron chi connectivity index (χ0n) is 12.6. The number of thiophene rings is 1. The highest BCUT2D eigenvalue weighted by Crippen LogP contribution is 2.22. The van der Waals surface area contributed by atoms with Gasteiger partial charge in [0.2, 0.25) is 0 Å². The maximum absolute atomic E-state index is 3.47. The normalized spacial score (nSPS) is 12.5. The molecule has 0 aliphatic rings. The van der Waals surface area contributed by atoms with Crippen LogP contribution in [-0.4, -0.2) is 7.05 Å². The van der Waals surface area contributed by atoms with Crippen LogP contribution in [0.5, 0.6) is 0 Å². The van der Waals surface area contributed by atoms with Crippen LogP contribution in [0.3, 0.4) is 0 Å². The van der Waals surface area contributed by atoms with Crippen molar-refractivity contribution in [3.63, 3.8) is 0 Å². The standard InChI is InChI=1S/C18H25NS/c1-3-7-15-8-4-9-16(14-15)18(19-2)12-5-10-17-11-6-13-20-17/h4,6,8-9,11,13-14,18-19H,3,5,7,10,12H2,1-2H3. The molecule has 0 bridgehead atoms. The first-order valence-electron chi connectivity index (χ1n) is 7.62. The van der Waals surface area contributed by atoms with Crippen LogP contribution in [0.15, 0.2) is 41.8 Å². The van der Waals surface area contributed by atoms with E-state index in [0.29, 0.717) is 6.04 Å². The number of nitrogens with one attached hydrogen (secondary N) is 1. The van der Waals surface area contributed by atoms with Crippen molar-refractivity contribution >= 4 is 11.3 Å². The van der Waals surface area contributed by atoms with Crippen LogP contribution in [0.2, 0.25) is 0 Å². The van der Waals surface area contributed by atoms with Gasteiger partial charge in [-0.15, -0.1) is 11.3 Å². The summed E-state index contributed by atoms with van der Waals surface area (Å²) in [5.41, 5.74) is 2.90. The smallest absolute Gasteiger partial charge is 0.0317 e. The summed E-state index contributed by atoms with van der Waals surface area (Å²) in [5, 5.41) is 5.64. The monoisotopic (exact) mass is 287 g/mol. The molecule has 0 saturated heterocycles. The van der Waals surface area contributed by atoms with Crippen molar-refractivity contribution in [1.29, 1.82) is 0 Å². The van der Waals surface area contributed by atoms with Gasteiger partial charge in [0, 0.05) is 10.9 Å². The largest absolute Gasteiger partial charge is 0.313 e. The molecule has 108 valence electrons. The molecule has 2 heteroatoms. The molecule has 1 aromatic carbocycles. The lowest BCUT2D eigenvalue weighted by Gasteiger charge is -2.17. The van der Waals surface area contributed by atoms with Gasteiger partial charge in [-0.05, 0) is 55.3 Å². The summed E-state index contributed by atoms with van der Waals surface area (Å²) in [6, 6.07) is 13.9. The van der Waals surface area contributed by atoms with Crippen LogP contribution in [-0.2, 0) is 12.8 Å². The van der Waals surface area contributed by atoms with Crippen molar-refractivity contribution in [2.45, 2.75) is 45.1 Å². The predicted molar refractivity (Wildman–Crippen MR) is 89.5 cm³/mol. The van der Waals surface area contributed by atoms with Gasteiger partial charge in [-0.25, -0.2) is 0 Å². The van der Waals surface area contributed by atoms with E-state index in [4.69, 9.17) is 0 Å². The van der Waals surface area contributed by atoms with E-state index in [2.05, 4.69) is 61.1 Å². The third-order valence-corrected chi connectivity index (χ3v) is 4.67. The summed E-state index contributed by atoms with van der Waals surface area (Å²) in [6.07, 6.45) is 6.03. The lowest BCUT2D eigenvalue weighted by molar-refractivity contribution is 0.528. The Morgan fingerprint density at radius 2 is 2.05 bits per heavy atom. The number of rotatable bonds is 8. The van der Waals surface area contributed by atoms with E-state index in [-0.39, 0.29) is 0 Å². The lowest BCUT2D eigenvalue weighted by atomic mass is 9.98. The van der Waals surface area contributed by atoms with Crippen molar-refractivity contribution in [1.82, 2.24) is 5.32 Å².